The van der Waals surface area contributed by atoms with Gasteiger partial charge in [-0.25, -0.2) is 4.68 Å². The number of nitrogens with zero attached hydrogens (tertiary/aromatic N) is 5. The molecule has 1 amide bonds. The number of aromatic amines is 1. The fourth-order valence-electron chi connectivity index (χ4n) is 4.46. The lowest BCUT2D eigenvalue weighted by Gasteiger charge is -2.33. The highest BCUT2D eigenvalue weighted by Gasteiger charge is 2.23. The first-order chi connectivity index (χ1) is 16.5. The maximum absolute atomic E-state index is 12.1. The Kier molecular flexibility index (Phi) is 5.75. The quantitative estimate of drug-likeness (QED) is 0.378. The van der Waals surface area contributed by atoms with E-state index in [-0.39, 0.29) is 11.9 Å². The van der Waals surface area contributed by atoms with Gasteiger partial charge in [0.25, 0.3) is 0 Å². The molecule has 1 fully saturated rings. The SMILES string of the molecule is C=CC(=O)N1CCC[C@@H](Nc2nc(Nc3cccc(-n4nc(C)cc4C)c3)nc3[nH]ccc23)C1. The topological polar surface area (TPSA) is 104 Å². The summed E-state index contributed by atoms with van der Waals surface area (Å²) in [5, 5.41) is 12.4. The number of nitrogens with one attached hydrogen (secondary N) is 3. The number of aryl methyl sites for hydroxylation is 2. The van der Waals surface area contributed by atoms with E-state index in [1.54, 1.807) is 0 Å². The molecule has 1 saturated heterocycles. The summed E-state index contributed by atoms with van der Waals surface area (Å²) in [6, 6.07) is 12.1. The van der Waals surface area contributed by atoms with Gasteiger partial charge in [-0.3, -0.25) is 4.79 Å². The summed E-state index contributed by atoms with van der Waals surface area (Å²) in [5.74, 6) is 1.19. The largest absolute Gasteiger partial charge is 0.365 e. The third-order valence-corrected chi connectivity index (χ3v) is 6.02. The lowest BCUT2D eigenvalue weighted by molar-refractivity contribution is -0.127. The molecule has 0 unspecified atom stereocenters. The first-order valence-electron chi connectivity index (χ1n) is 11.4. The van der Waals surface area contributed by atoms with Crippen LogP contribution in [0.2, 0.25) is 0 Å². The average molecular weight is 457 g/mol. The molecule has 5 rings (SSSR count). The van der Waals surface area contributed by atoms with Gasteiger partial charge in [-0.1, -0.05) is 12.6 Å². The number of benzene rings is 1. The molecule has 34 heavy (non-hydrogen) atoms. The van der Waals surface area contributed by atoms with E-state index in [1.165, 1.54) is 6.08 Å². The average Bonchev–Trinajstić information content (AvgIpc) is 3.44. The van der Waals surface area contributed by atoms with E-state index in [9.17, 15) is 4.79 Å². The Morgan fingerprint density at radius 2 is 2.12 bits per heavy atom. The number of piperidine rings is 1. The number of anilines is 3. The zero-order valence-corrected chi connectivity index (χ0v) is 19.4. The number of likely N-dealkylation sites (tertiary alicyclic amines) is 1. The Hall–Kier alpha value is -4.14. The molecule has 9 heteroatoms. The molecule has 1 atom stereocenters. The summed E-state index contributed by atoms with van der Waals surface area (Å²) in [5.41, 5.74) is 4.61. The Balaban J connectivity index is 1.40. The molecule has 0 spiro atoms. The van der Waals surface area contributed by atoms with Crippen LogP contribution in [0.25, 0.3) is 16.7 Å². The molecule has 1 aliphatic rings. The Morgan fingerprint density at radius 3 is 2.91 bits per heavy atom. The Morgan fingerprint density at radius 1 is 1.24 bits per heavy atom. The summed E-state index contributed by atoms with van der Waals surface area (Å²) in [4.78, 5) is 26.5. The molecule has 3 N–H and O–H groups in total. The van der Waals surface area contributed by atoms with E-state index in [0.717, 1.165) is 59.0 Å². The number of rotatable bonds is 6. The lowest BCUT2D eigenvalue weighted by atomic mass is 10.1. The van der Waals surface area contributed by atoms with Gasteiger partial charge >= 0.3 is 0 Å². The molecule has 0 bridgehead atoms. The fraction of sp³-hybridized carbons (Fsp3) is 0.280. The smallest absolute Gasteiger partial charge is 0.246 e. The highest BCUT2D eigenvalue weighted by molar-refractivity contribution is 5.89. The van der Waals surface area contributed by atoms with Crippen molar-refractivity contribution in [2.24, 2.45) is 0 Å². The van der Waals surface area contributed by atoms with Crippen LogP contribution in [0.5, 0.6) is 0 Å². The molecule has 9 nitrogen and oxygen atoms in total. The Labute approximate surface area is 197 Å². The number of fused-ring (bicyclic) bond motifs is 1. The molecule has 4 aromatic rings. The second kappa shape index (κ2) is 9.01. The normalized spacial score (nSPS) is 15.9. The number of carbonyl (C=O) groups excluding carboxylic acids is 1. The van der Waals surface area contributed by atoms with Crippen LogP contribution in [0, 0.1) is 13.8 Å². The Bertz CT molecular complexity index is 1350. The van der Waals surface area contributed by atoms with Crippen molar-refractivity contribution in [1.82, 2.24) is 29.6 Å². The maximum Gasteiger partial charge on any atom is 0.246 e. The minimum Gasteiger partial charge on any atom is -0.365 e. The van der Waals surface area contributed by atoms with Crippen LogP contribution in [0.4, 0.5) is 17.5 Å². The van der Waals surface area contributed by atoms with Crippen molar-refractivity contribution < 1.29 is 4.79 Å². The van der Waals surface area contributed by atoms with E-state index in [4.69, 9.17) is 4.98 Å². The van der Waals surface area contributed by atoms with Crippen molar-refractivity contribution in [2.75, 3.05) is 23.7 Å². The molecule has 3 aromatic heterocycles. The van der Waals surface area contributed by atoms with Crippen LogP contribution in [0.1, 0.15) is 24.2 Å². The first-order valence-corrected chi connectivity index (χ1v) is 11.4. The number of amides is 1. The number of H-pyrrole nitrogens is 1. The summed E-state index contributed by atoms with van der Waals surface area (Å²) in [6.45, 7) is 9.01. The second-order valence-corrected chi connectivity index (χ2v) is 8.62. The van der Waals surface area contributed by atoms with E-state index in [2.05, 4.69) is 38.3 Å². The van der Waals surface area contributed by atoms with E-state index >= 15 is 0 Å². The van der Waals surface area contributed by atoms with Crippen LogP contribution in [-0.4, -0.2) is 54.7 Å². The van der Waals surface area contributed by atoms with Gasteiger partial charge in [0, 0.05) is 36.7 Å². The van der Waals surface area contributed by atoms with Crippen LogP contribution in [-0.2, 0) is 4.79 Å². The predicted molar refractivity (Wildman–Crippen MR) is 134 cm³/mol. The van der Waals surface area contributed by atoms with Gasteiger partial charge in [0.2, 0.25) is 11.9 Å². The van der Waals surface area contributed by atoms with Gasteiger partial charge in [0.1, 0.15) is 11.5 Å². The summed E-state index contributed by atoms with van der Waals surface area (Å²) < 4.78 is 1.92. The number of carbonyl (C=O) groups is 1. The molecular weight excluding hydrogens is 428 g/mol. The highest BCUT2D eigenvalue weighted by atomic mass is 16.2. The zero-order chi connectivity index (χ0) is 23.7. The molecule has 0 saturated carbocycles. The maximum atomic E-state index is 12.1. The third kappa shape index (κ3) is 4.36. The van der Waals surface area contributed by atoms with Crippen molar-refractivity contribution in [3.63, 3.8) is 0 Å². The van der Waals surface area contributed by atoms with Crippen LogP contribution >= 0.6 is 0 Å². The monoisotopic (exact) mass is 456 g/mol. The highest BCUT2D eigenvalue weighted by Crippen LogP contribution is 2.26. The molecule has 174 valence electrons. The summed E-state index contributed by atoms with van der Waals surface area (Å²) in [7, 11) is 0. The van der Waals surface area contributed by atoms with Gasteiger partial charge in [0.05, 0.1) is 16.8 Å². The van der Waals surface area contributed by atoms with Gasteiger partial charge < -0.3 is 20.5 Å². The summed E-state index contributed by atoms with van der Waals surface area (Å²) >= 11 is 0. The molecule has 1 aromatic carbocycles. The van der Waals surface area contributed by atoms with E-state index in [0.29, 0.717) is 12.5 Å². The minimum atomic E-state index is -0.0363. The lowest BCUT2D eigenvalue weighted by Crippen LogP contribution is -2.44. The fourth-order valence-corrected chi connectivity index (χ4v) is 4.46. The number of aromatic nitrogens is 5. The van der Waals surface area contributed by atoms with Crippen molar-refractivity contribution in [2.45, 2.75) is 32.7 Å². The predicted octanol–water partition coefficient (Wildman–Crippen LogP) is 4.09. The standard InChI is InChI=1S/C25H28N8O/c1-4-22(34)32-12-6-8-19(15-32)27-24-21-10-11-26-23(21)29-25(30-24)28-18-7-5-9-20(14-18)33-17(3)13-16(2)31-33/h4-5,7,9-11,13-14,19H,1,6,8,12,15H2,2-3H3,(H3,26,27,28,29,30)/t19-/m1/s1. The van der Waals surface area contributed by atoms with E-state index < -0.39 is 0 Å². The summed E-state index contributed by atoms with van der Waals surface area (Å²) in [6.07, 6.45) is 5.12. The van der Waals surface area contributed by atoms with Gasteiger partial charge in [0.15, 0.2) is 0 Å². The molecular formula is C25H28N8O. The van der Waals surface area contributed by atoms with Crippen molar-refractivity contribution in [3.05, 3.63) is 66.6 Å². The minimum absolute atomic E-state index is 0.0363. The molecule has 4 heterocycles. The van der Waals surface area contributed by atoms with Crippen molar-refractivity contribution in [3.8, 4) is 5.69 Å². The van der Waals surface area contributed by atoms with Gasteiger partial charge in [-0.05, 0) is 63.1 Å². The van der Waals surface area contributed by atoms with Crippen molar-refractivity contribution >= 4 is 34.4 Å². The third-order valence-electron chi connectivity index (χ3n) is 6.02. The van der Waals surface area contributed by atoms with E-state index in [1.807, 2.05) is 60.0 Å². The van der Waals surface area contributed by atoms with Gasteiger partial charge in [-0.2, -0.15) is 15.1 Å². The molecule has 0 radical (unpaired) electrons. The number of hydrogen-bond acceptors (Lipinski definition) is 6. The zero-order valence-electron chi connectivity index (χ0n) is 19.4. The second-order valence-electron chi connectivity index (χ2n) is 8.62. The van der Waals surface area contributed by atoms with Crippen molar-refractivity contribution in [1.29, 1.82) is 0 Å². The van der Waals surface area contributed by atoms with Crippen LogP contribution < -0.4 is 10.6 Å². The first kappa shape index (κ1) is 21.7. The van der Waals surface area contributed by atoms with Gasteiger partial charge in [-0.15, -0.1) is 0 Å². The molecule has 1 aliphatic heterocycles. The van der Waals surface area contributed by atoms with Crippen LogP contribution in [0.3, 0.4) is 0 Å². The molecule has 0 aliphatic carbocycles. The number of hydrogen-bond donors (Lipinski definition) is 3. The van der Waals surface area contributed by atoms with Crippen LogP contribution in [0.15, 0.2) is 55.3 Å².